The molecule has 3 amide bonds. The maximum absolute atomic E-state index is 13.1. The number of hydrogen-bond donors (Lipinski definition) is 1. The predicted octanol–water partition coefficient (Wildman–Crippen LogP) is 4.43. The van der Waals surface area contributed by atoms with Gasteiger partial charge in [-0.05, 0) is 34.7 Å². The first-order valence-corrected chi connectivity index (χ1v) is 11.2. The summed E-state index contributed by atoms with van der Waals surface area (Å²) in [6, 6.07) is 18.7. The number of rotatable bonds is 6. The van der Waals surface area contributed by atoms with Crippen molar-refractivity contribution in [1.82, 2.24) is 9.96 Å². The van der Waals surface area contributed by atoms with E-state index in [1.165, 1.54) is 15.5 Å². The Morgan fingerprint density at radius 3 is 2.65 bits per heavy atom. The summed E-state index contributed by atoms with van der Waals surface area (Å²) >= 11 is 1.54. The Hall–Kier alpha value is -3.16. The second-order valence-electron chi connectivity index (χ2n) is 7.78. The van der Waals surface area contributed by atoms with Gasteiger partial charge in [0.1, 0.15) is 18.7 Å². The van der Waals surface area contributed by atoms with Crippen molar-refractivity contribution in [1.29, 1.82) is 0 Å². The molecule has 2 aliphatic rings. The van der Waals surface area contributed by atoms with Crippen molar-refractivity contribution in [2.45, 2.75) is 32.0 Å². The summed E-state index contributed by atoms with van der Waals surface area (Å²) in [7, 11) is 0. The highest BCUT2D eigenvalue weighted by atomic mass is 32.1. The van der Waals surface area contributed by atoms with Crippen molar-refractivity contribution >= 4 is 23.3 Å². The van der Waals surface area contributed by atoms with Crippen LogP contribution in [0.15, 0.2) is 60.7 Å². The van der Waals surface area contributed by atoms with E-state index in [0.29, 0.717) is 6.54 Å². The molecule has 5 rings (SSSR count). The van der Waals surface area contributed by atoms with Gasteiger partial charge < -0.3 is 10.6 Å². The van der Waals surface area contributed by atoms with Crippen LogP contribution in [-0.2, 0) is 22.7 Å². The Morgan fingerprint density at radius 1 is 1.16 bits per heavy atom. The van der Waals surface area contributed by atoms with E-state index < -0.39 is 11.9 Å². The molecule has 1 unspecified atom stereocenters. The maximum atomic E-state index is 13.1. The standard InChI is InChI=1S/C24H23N3O3S/c1-2-16-10-6-7-11-17(16)20-12-18-19-13-26(21(23(25)28)22(18)31-20)24(29)27(19)30-14-15-8-4-3-5-9-15/h3-12,19,21H,2,13-14H2,1H3,(H2,25,28)/t19-,21?/m1/s1. The molecule has 0 aliphatic carbocycles. The summed E-state index contributed by atoms with van der Waals surface area (Å²) in [5.74, 6) is -0.518. The Kier molecular flexibility index (Phi) is 5.00. The predicted molar refractivity (Wildman–Crippen MR) is 119 cm³/mol. The van der Waals surface area contributed by atoms with Crippen LogP contribution < -0.4 is 5.73 Å². The summed E-state index contributed by atoms with van der Waals surface area (Å²) in [6.07, 6.45) is 0.915. The molecular weight excluding hydrogens is 410 g/mol. The first kappa shape index (κ1) is 19.8. The van der Waals surface area contributed by atoms with Crippen LogP contribution in [-0.4, -0.2) is 28.4 Å². The molecule has 158 valence electrons. The molecule has 0 radical (unpaired) electrons. The first-order valence-electron chi connectivity index (χ1n) is 10.4. The molecule has 0 spiro atoms. The van der Waals surface area contributed by atoms with E-state index >= 15 is 0 Å². The van der Waals surface area contributed by atoms with E-state index in [1.54, 1.807) is 11.3 Å². The molecule has 2 aromatic carbocycles. The van der Waals surface area contributed by atoms with E-state index in [2.05, 4.69) is 25.1 Å². The molecule has 3 heterocycles. The lowest BCUT2D eigenvalue weighted by Gasteiger charge is -2.28. The molecule has 2 N–H and O–H groups in total. The fourth-order valence-corrected chi connectivity index (χ4v) is 5.82. The summed E-state index contributed by atoms with van der Waals surface area (Å²) < 4.78 is 0. The SMILES string of the molecule is CCc1ccccc1-c1cc2c(s1)C(C(N)=O)N1C[C@H]2N(OCc2ccccc2)C1=O. The zero-order valence-electron chi connectivity index (χ0n) is 17.2. The van der Waals surface area contributed by atoms with Crippen LogP contribution in [0.2, 0.25) is 0 Å². The molecule has 2 atom stereocenters. The number of fused-ring (bicyclic) bond motifs is 4. The number of primary amides is 1. The van der Waals surface area contributed by atoms with Gasteiger partial charge >= 0.3 is 6.03 Å². The Labute approximate surface area is 184 Å². The van der Waals surface area contributed by atoms with E-state index in [4.69, 9.17) is 10.6 Å². The van der Waals surface area contributed by atoms with Crippen molar-refractivity contribution in [3.63, 3.8) is 0 Å². The highest BCUT2D eigenvalue weighted by molar-refractivity contribution is 7.16. The number of hydroxylamine groups is 2. The van der Waals surface area contributed by atoms with Crippen LogP contribution in [0.5, 0.6) is 0 Å². The van der Waals surface area contributed by atoms with Gasteiger partial charge in [-0.15, -0.1) is 11.3 Å². The molecule has 2 aliphatic heterocycles. The third-order valence-electron chi connectivity index (χ3n) is 5.94. The quantitative estimate of drug-likeness (QED) is 0.625. The lowest BCUT2D eigenvalue weighted by atomic mass is 9.97. The van der Waals surface area contributed by atoms with Crippen molar-refractivity contribution in [2.24, 2.45) is 5.73 Å². The minimum Gasteiger partial charge on any atom is -0.368 e. The van der Waals surface area contributed by atoms with Gasteiger partial charge in [-0.2, -0.15) is 5.06 Å². The van der Waals surface area contributed by atoms with Gasteiger partial charge in [-0.1, -0.05) is 61.5 Å². The second kappa shape index (κ2) is 7.83. The topological polar surface area (TPSA) is 75.9 Å². The average Bonchev–Trinajstić information content (AvgIpc) is 3.34. The highest BCUT2D eigenvalue weighted by Gasteiger charge is 2.51. The minimum absolute atomic E-state index is 0.263. The van der Waals surface area contributed by atoms with Crippen LogP contribution >= 0.6 is 11.3 Å². The molecule has 31 heavy (non-hydrogen) atoms. The number of aryl methyl sites for hydroxylation is 1. The van der Waals surface area contributed by atoms with Gasteiger partial charge in [0.05, 0.1) is 6.54 Å². The van der Waals surface area contributed by atoms with E-state index in [-0.39, 0.29) is 18.7 Å². The van der Waals surface area contributed by atoms with Gasteiger partial charge in [0.25, 0.3) is 0 Å². The summed E-state index contributed by atoms with van der Waals surface area (Å²) in [5.41, 5.74) is 10.1. The zero-order valence-corrected chi connectivity index (χ0v) is 18.0. The molecule has 1 aromatic heterocycles. The molecule has 0 saturated carbocycles. The van der Waals surface area contributed by atoms with E-state index in [1.807, 2.05) is 42.5 Å². The van der Waals surface area contributed by atoms with Gasteiger partial charge in [0.2, 0.25) is 5.91 Å². The summed E-state index contributed by atoms with van der Waals surface area (Å²) in [4.78, 5) is 34.9. The summed E-state index contributed by atoms with van der Waals surface area (Å²) in [6.45, 7) is 2.80. The lowest BCUT2D eigenvalue weighted by Crippen LogP contribution is -2.40. The Bertz CT molecular complexity index is 1140. The lowest BCUT2D eigenvalue weighted by molar-refractivity contribution is -0.141. The van der Waals surface area contributed by atoms with E-state index in [9.17, 15) is 9.59 Å². The molecular formula is C24H23N3O3S. The molecule has 1 saturated heterocycles. The van der Waals surface area contributed by atoms with Crippen LogP contribution in [0.4, 0.5) is 4.79 Å². The molecule has 7 heteroatoms. The second-order valence-corrected chi connectivity index (χ2v) is 8.87. The van der Waals surface area contributed by atoms with Gasteiger partial charge in [0.15, 0.2) is 0 Å². The number of thiophene rings is 1. The third-order valence-corrected chi connectivity index (χ3v) is 7.18. The fourth-order valence-electron chi connectivity index (χ4n) is 4.42. The van der Waals surface area contributed by atoms with Crippen molar-refractivity contribution in [3.05, 3.63) is 82.2 Å². The number of benzene rings is 2. The monoisotopic (exact) mass is 433 g/mol. The third kappa shape index (κ3) is 3.30. The first-order chi connectivity index (χ1) is 15.1. The van der Waals surface area contributed by atoms with Gasteiger partial charge in [-0.3, -0.25) is 9.63 Å². The van der Waals surface area contributed by atoms with Gasteiger partial charge in [-0.25, -0.2) is 4.79 Å². The van der Waals surface area contributed by atoms with Crippen LogP contribution in [0.3, 0.4) is 0 Å². The highest BCUT2D eigenvalue weighted by Crippen LogP contribution is 2.49. The molecule has 1 fully saturated rings. The number of nitrogens with two attached hydrogens (primary N) is 1. The van der Waals surface area contributed by atoms with E-state index in [0.717, 1.165) is 32.9 Å². The van der Waals surface area contributed by atoms with Crippen LogP contribution in [0.25, 0.3) is 10.4 Å². The number of carbonyl (C=O) groups excluding carboxylic acids is 2. The molecule has 6 nitrogen and oxygen atoms in total. The number of hydrogen-bond acceptors (Lipinski definition) is 4. The number of urea groups is 1. The van der Waals surface area contributed by atoms with Crippen molar-refractivity contribution in [2.75, 3.05) is 6.54 Å². The molecule has 2 bridgehead atoms. The number of carbonyl (C=O) groups is 2. The molecule has 3 aromatic rings. The number of amides is 3. The number of nitrogens with zero attached hydrogens (tertiary/aromatic N) is 2. The summed E-state index contributed by atoms with van der Waals surface area (Å²) in [5, 5.41) is 1.41. The minimum atomic E-state index is -0.767. The smallest absolute Gasteiger partial charge is 0.345 e. The van der Waals surface area contributed by atoms with Gasteiger partial charge in [0, 0.05) is 9.75 Å². The zero-order chi connectivity index (χ0) is 21.5. The largest absolute Gasteiger partial charge is 0.368 e. The van der Waals surface area contributed by atoms with Crippen molar-refractivity contribution < 1.29 is 14.4 Å². The van der Waals surface area contributed by atoms with Crippen LogP contribution in [0, 0.1) is 0 Å². The average molecular weight is 434 g/mol. The Balaban J connectivity index is 1.53. The van der Waals surface area contributed by atoms with Crippen LogP contribution in [0.1, 0.15) is 40.6 Å². The normalized spacial score (nSPS) is 19.6. The maximum Gasteiger partial charge on any atom is 0.345 e. The Morgan fingerprint density at radius 2 is 1.90 bits per heavy atom. The fraction of sp³-hybridized carbons (Fsp3) is 0.250. The van der Waals surface area contributed by atoms with Crippen molar-refractivity contribution in [3.8, 4) is 10.4 Å².